The van der Waals surface area contributed by atoms with Crippen molar-refractivity contribution >= 4 is 21.7 Å². The van der Waals surface area contributed by atoms with E-state index in [9.17, 15) is 13.2 Å². The van der Waals surface area contributed by atoms with Gasteiger partial charge in [-0.15, -0.1) is 0 Å². The number of nitrogens with zero attached hydrogens (tertiary/aromatic N) is 1. The Labute approximate surface area is 149 Å². The van der Waals surface area contributed by atoms with E-state index in [0.29, 0.717) is 5.69 Å². The molecule has 25 heavy (non-hydrogen) atoms. The number of hydrogen-bond donors (Lipinski definition) is 1. The number of carboxylic acids is 1. The van der Waals surface area contributed by atoms with Gasteiger partial charge in [0, 0.05) is 6.54 Å². The van der Waals surface area contributed by atoms with E-state index >= 15 is 0 Å². The molecule has 0 spiro atoms. The predicted octanol–water partition coefficient (Wildman–Crippen LogP) is 3.59. The van der Waals surface area contributed by atoms with Crippen LogP contribution in [0, 0.1) is 27.7 Å². The zero-order valence-corrected chi connectivity index (χ0v) is 15.7. The lowest BCUT2D eigenvalue weighted by atomic mass is 10.1. The number of sulfonamides is 1. The number of anilines is 1. The van der Waals surface area contributed by atoms with Crippen LogP contribution in [0.25, 0.3) is 0 Å². The maximum atomic E-state index is 13.2. The molecular weight excluding hydrogens is 338 g/mol. The molecule has 1 N–H and O–H groups in total. The summed E-state index contributed by atoms with van der Waals surface area (Å²) in [6.07, 6.45) is -0.266. The lowest BCUT2D eigenvalue weighted by molar-refractivity contribution is -0.136. The van der Waals surface area contributed by atoms with Crippen LogP contribution in [0.1, 0.15) is 28.7 Å². The molecule has 0 aliphatic heterocycles. The van der Waals surface area contributed by atoms with E-state index in [-0.39, 0.29) is 17.9 Å². The summed E-state index contributed by atoms with van der Waals surface area (Å²) in [5, 5.41) is 9.04. The van der Waals surface area contributed by atoms with Crippen LogP contribution >= 0.6 is 0 Å². The minimum Gasteiger partial charge on any atom is -0.481 e. The molecule has 0 amide bonds. The number of hydrogen-bond acceptors (Lipinski definition) is 3. The molecule has 6 heteroatoms. The molecule has 134 valence electrons. The Kier molecular flexibility index (Phi) is 5.52. The van der Waals surface area contributed by atoms with Gasteiger partial charge < -0.3 is 5.11 Å². The average Bonchev–Trinajstić information content (AvgIpc) is 2.49. The Hall–Kier alpha value is -2.34. The lowest BCUT2D eigenvalue weighted by Gasteiger charge is -2.27. The summed E-state index contributed by atoms with van der Waals surface area (Å²) in [7, 11) is -3.85. The summed E-state index contributed by atoms with van der Waals surface area (Å²) in [6, 6.07) is 10.4. The molecule has 0 saturated heterocycles. The molecule has 0 radical (unpaired) electrons. The Morgan fingerprint density at radius 2 is 1.48 bits per heavy atom. The molecule has 5 nitrogen and oxygen atoms in total. The van der Waals surface area contributed by atoms with Gasteiger partial charge in [-0.25, -0.2) is 8.42 Å². The van der Waals surface area contributed by atoms with Gasteiger partial charge in [0.15, 0.2) is 0 Å². The zero-order valence-electron chi connectivity index (χ0n) is 14.9. The third kappa shape index (κ3) is 4.20. The molecule has 0 saturated carbocycles. The summed E-state index contributed by atoms with van der Waals surface area (Å²) >= 11 is 0. The second-order valence-corrected chi connectivity index (χ2v) is 8.14. The van der Waals surface area contributed by atoms with E-state index < -0.39 is 16.0 Å². The van der Waals surface area contributed by atoms with E-state index in [0.717, 1.165) is 22.3 Å². The monoisotopic (exact) mass is 361 g/mol. The van der Waals surface area contributed by atoms with Crippen LogP contribution in [0.4, 0.5) is 5.69 Å². The van der Waals surface area contributed by atoms with Crippen molar-refractivity contribution in [1.29, 1.82) is 0 Å². The highest BCUT2D eigenvalue weighted by molar-refractivity contribution is 7.92. The molecule has 0 bridgehead atoms. The van der Waals surface area contributed by atoms with Gasteiger partial charge >= 0.3 is 5.97 Å². The summed E-state index contributed by atoms with van der Waals surface area (Å²) in [4.78, 5) is 11.2. The van der Waals surface area contributed by atoms with Crippen molar-refractivity contribution < 1.29 is 18.3 Å². The Balaban J connectivity index is 2.60. The van der Waals surface area contributed by atoms with E-state index in [1.54, 1.807) is 24.3 Å². The van der Waals surface area contributed by atoms with E-state index in [1.807, 2.05) is 39.8 Å². The van der Waals surface area contributed by atoms with Gasteiger partial charge in [0.2, 0.25) is 0 Å². The summed E-state index contributed by atoms with van der Waals surface area (Å²) in [5.41, 5.74) is 4.15. The molecule has 2 aromatic rings. The van der Waals surface area contributed by atoms with Gasteiger partial charge in [-0.2, -0.15) is 0 Å². The second-order valence-electron chi connectivity index (χ2n) is 6.28. The van der Waals surface area contributed by atoms with E-state index in [4.69, 9.17) is 5.11 Å². The molecular formula is C19H23NO4S. The van der Waals surface area contributed by atoms with Crippen molar-refractivity contribution in [3.8, 4) is 0 Å². The largest absolute Gasteiger partial charge is 0.481 e. The van der Waals surface area contributed by atoms with Crippen LogP contribution in [0.2, 0.25) is 0 Å². The first-order chi connectivity index (χ1) is 11.6. The first-order valence-electron chi connectivity index (χ1n) is 8.02. The highest BCUT2D eigenvalue weighted by Crippen LogP contribution is 2.31. The Morgan fingerprint density at radius 3 is 1.96 bits per heavy atom. The van der Waals surface area contributed by atoms with Crippen LogP contribution in [-0.4, -0.2) is 26.0 Å². The maximum Gasteiger partial charge on any atom is 0.305 e. The number of aliphatic carboxylic acids is 1. The average molecular weight is 361 g/mol. The molecule has 0 aliphatic rings. The number of carboxylic acid groups (broad SMARTS) is 1. The fraction of sp³-hybridized carbons (Fsp3) is 0.316. The molecule has 0 heterocycles. The van der Waals surface area contributed by atoms with Crippen molar-refractivity contribution in [2.75, 3.05) is 10.8 Å². The molecule has 0 aliphatic carbocycles. The normalized spacial score (nSPS) is 11.4. The first kappa shape index (κ1) is 19.0. The quantitative estimate of drug-likeness (QED) is 0.853. The van der Waals surface area contributed by atoms with Gasteiger partial charge in [0.25, 0.3) is 10.0 Å². The van der Waals surface area contributed by atoms with Gasteiger partial charge in [0.1, 0.15) is 0 Å². The van der Waals surface area contributed by atoms with Gasteiger partial charge in [-0.3, -0.25) is 9.10 Å². The topological polar surface area (TPSA) is 74.7 Å². The van der Waals surface area contributed by atoms with Gasteiger partial charge in [-0.05, 0) is 51.0 Å². The summed E-state index contributed by atoms with van der Waals surface area (Å²) < 4.78 is 27.6. The Bertz CT molecular complexity index is 863. The highest BCUT2D eigenvalue weighted by Gasteiger charge is 2.27. The lowest BCUT2D eigenvalue weighted by Crippen LogP contribution is -2.34. The number of carbonyl (C=O) groups is 1. The van der Waals surface area contributed by atoms with Crippen molar-refractivity contribution in [3.05, 3.63) is 58.7 Å². The SMILES string of the molecule is Cc1ccc(S(=O)(=O)N(CCC(=O)O)c2c(C)cc(C)cc2C)cc1. The van der Waals surface area contributed by atoms with Crippen LogP contribution in [0.3, 0.4) is 0 Å². The second kappa shape index (κ2) is 7.27. The van der Waals surface area contributed by atoms with E-state index in [2.05, 4.69) is 0 Å². The standard InChI is InChI=1S/C19H23NO4S/c1-13-5-7-17(8-6-13)25(23,24)20(10-9-18(21)22)19-15(3)11-14(2)12-16(19)4/h5-8,11-12H,9-10H2,1-4H3,(H,21,22). The Morgan fingerprint density at radius 1 is 0.960 bits per heavy atom. The predicted molar refractivity (Wildman–Crippen MR) is 98.6 cm³/mol. The number of rotatable bonds is 6. The third-order valence-electron chi connectivity index (χ3n) is 4.02. The van der Waals surface area contributed by atoms with Crippen LogP contribution < -0.4 is 4.31 Å². The summed E-state index contributed by atoms with van der Waals surface area (Å²) in [6.45, 7) is 7.39. The van der Waals surface area contributed by atoms with Crippen molar-refractivity contribution in [2.45, 2.75) is 39.0 Å². The van der Waals surface area contributed by atoms with Gasteiger partial charge in [0.05, 0.1) is 17.0 Å². The van der Waals surface area contributed by atoms with Crippen molar-refractivity contribution in [2.24, 2.45) is 0 Å². The van der Waals surface area contributed by atoms with Gasteiger partial charge in [-0.1, -0.05) is 35.4 Å². The fourth-order valence-electron chi connectivity index (χ4n) is 2.95. The highest BCUT2D eigenvalue weighted by atomic mass is 32.2. The van der Waals surface area contributed by atoms with Crippen molar-refractivity contribution in [3.63, 3.8) is 0 Å². The molecule has 2 rings (SSSR count). The van der Waals surface area contributed by atoms with Crippen LogP contribution in [-0.2, 0) is 14.8 Å². The number of aryl methyl sites for hydroxylation is 4. The smallest absolute Gasteiger partial charge is 0.305 e. The molecule has 2 aromatic carbocycles. The zero-order chi connectivity index (χ0) is 18.8. The molecule has 0 fully saturated rings. The minimum absolute atomic E-state index is 0.115. The van der Waals surface area contributed by atoms with E-state index in [1.165, 1.54) is 4.31 Å². The van der Waals surface area contributed by atoms with Crippen molar-refractivity contribution in [1.82, 2.24) is 0 Å². The van der Waals surface area contributed by atoms with Crippen LogP contribution in [0.5, 0.6) is 0 Å². The molecule has 0 aromatic heterocycles. The molecule has 0 unspecified atom stereocenters. The summed E-state index contributed by atoms with van der Waals surface area (Å²) in [5.74, 6) is -1.04. The number of benzene rings is 2. The maximum absolute atomic E-state index is 13.2. The third-order valence-corrected chi connectivity index (χ3v) is 5.84. The molecule has 0 atom stereocenters. The fourth-order valence-corrected chi connectivity index (χ4v) is 4.55. The first-order valence-corrected chi connectivity index (χ1v) is 9.46. The van der Waals surface area contributed by atoms with Crippen LogP contribution in [0.15, 0.2) is 41.3 Å². The minimum atomic E-state index is -3.85.